The van der Waals surface area contributed by atoms with Crippen LogP contribution < -0.4 is 20.2 Å². The maximum Gasteiger partial charge on any atom is 0.291 e. The molecule has 0 atom stereocenters. The molecule has 3 aromatic rings. The van der Waals surface area contributed by atoms with Crippen molar-refractivity contribution < 1.29 is 23.5 Å². The highest BCUT2D eigenvalue weighted by Crippen LogP contribution is 2.34. The van der Waals surface area contributed by atoms with E-state index in [1.54, 1.807) is 24.3 Å². The molecule has 174 valence electrons. The summed E-state index contributed by atoms with van der Waals surface area (Å²) >= 11 is 0. The lowest BCUT2D eigenvalue weighted by molar-refractivity contribution is 0.0952. The molecule has 0 spiro atoms. The number of hydrogen-bond donors (Lipinski definition) is 2. The van der Waals surface area contributed by atoms with E-state index < -0.39 is 0 Å². The van der Waals surface area contributed by atoms with E-state index in [0.717, 1.165) is 17.5 Å². The molecule has 2 aliphatic rings. The Kier molecular flexibility index (Phi) is 5.79. The van der Waals surface area contributed by atoms with Crippen LogP contribution in [0.2, 0.25) is 0 Å². The van der Waals surface area contributed by atoms with Gasteiger partial charge in [-0.2, -0.15) is 5.10 Å². The van der Waals surface area contributed by atoms with Crippen molar-refractivity contribution in [2.24, 2.45) is 5.10 Å². The van der Waals surface area contributed by atoms with E-state index in [-0.39, 0.29) is 17.6 Å². The van der Waals surface area contributed by atoms with Gasteiger partial charge in [-0.3, -0.25) is 9.59 Å². The number of amides is 2. The lowest BCUT2D eigenvalue weighted by atomic mass is 9.93. The van der Waals surface area contributed by atoms with Crippen LogP contribution in [0.5, 0.6) is 11.5 Å². The number of benzene rings is 2. The fourth-order valence-corrected chi connectivity index (χ4v) is 4.31. The van der Waals surface area contributed by atoms with Crippen molar-refractivity contribution in [2.45, 2.75) is 33.1 Å². The minimum Gasteiger partial charge on any atom is -0.486 e. The normalized spacial score (nSPS) is 15.5. The maximum absolute atomic E-state index is 13.0. The third-order valence-electron chi connectivity index (χ3n) is 6.01. The molecular formula is C26H25N3O5. The summed E-state index contributed by atoms with van der Waals surface area (Å²) in [5.74, 6) is 1.57. The molecule has 2 aromatic carbocycles. The second-order valence-corrected chi connectivity index (χ2v) is 8.33. The van der Waals surface area contributed by atoms with Crippen LogP contribution >= 0.6 is 0 Å². The minimum absolute atomic E-state index is 0.236. The highest BCUT2D eigenvalue weighted by atomic mass is 16.6. The molecule has 1 aliphatic heterocycles. The van der Waals surface area contributed by atoms with Crippen LogP contribution in [0.3, 0.4) is 0 Å². The number of anilines is 1. The van der Waals surface area contributed by atoms with Crippen molar-refractivity contribution in [1.82, 2.24) is 5.43 Å². The number of hydrazone groups is 1. The monoisotopic (exact) mass is 459 g/mol. The Morgan fingerprint density at radius 2 is 1.74 bits per heavy atom. The summed E-state index contributed by atoms with van der Waals surface area (Å²) in [5.41, 5.74) is 6.91. The fraction of sp³-hybridized carbons (Fsp3) is 0.269. The van der Waals surface area contributed by atoms with Gasteiger partial charge < -0.3 is 19.2 Å². The molecule has 0 bridgehead atoms. The average Bonchev–Trinajstić information content (AvgIpc) is 3.20. The molecule has 8 nitrogen and oxygen atoms in total. The first-order chi connectivity index (χ1) is 16.5. The maximum atomic E-state index is 13.0. The van der Waals surface area contributed by atoms with Gasteiger partial charge >= 0.3 is 0 Å². The summed E-state index contributed by atoms with van der Waals surface area (Å²) in [6.45, 7) is 4.70. The third kappa shape index (κ3) is 4.14. The van der Waals surface area contributed by atoms with Gasteiger partial charge in [0.15, 0.2) is 17.3 Å². The molecule has 1 aliphatic carbocycles. The van der Waals surface area contributed by atoms with Gasteiger partial charge in [0.25, 0.3) is 11.8 Å². The Balaban J connectivity index is 1.36. The summed E-state index contributed by atoms with van der Waals surface area (Å²) in [4.78, 5) is 25.6. The first-order valence-corrected chi connectivity index (χ1v) is 11.3. The van der Waals surface area contributed by atoms with E-state index in [1.165, 1.54) is 0 Å². The summed E-state index contributed by atoms with van der Waals surface area (Å²) < 4.78 is 17.1. The quantitative estimate of drug-likeness (QED) is 0.564. The van der Waals surface area contributed by atoms with Gasteiger partial charge in [0.05, 0.1) is 5.71 Å². The Labute approximate surface area is 196 Å². The number of fused-ring (bicyclic) bond motifs is 2. The molecule has 2 heterocycles. The van der Waals surface area contributed by atoms with Crippen LogP contribution in [-0.4, -0.2) is 30.7 Å². The lowest BCUT2D eigenvalue weighted by Gasteiger charge is -2.18. The number of aryl methyl sites for hydroxylation is 2. The average molecular weight is 460 g/mol. The predicted molar refractivity (Wildman–Crippen MR) is 127 cm³/mol. The third-order valence-corrected chi connectivity index (χ3v) is 6.01. The van der Waals surface area contributed by atoms with Crippen LogP contribution in [0.25, 0.3) is 0 Å². The SMILES string of the molecule is Cc1ccccc1C(=O)N/N=C1\CCCc2oc(C(=O)Nc3ccc4c(c3)OCCO4)c(C)c21. The van der Waals surface area contributed by atoms with Crippen molar-refractivity contribution in [2.75, 3.05) is 18.5 Å². The summed E-state index contributed by atoms with van der Waals surface area (Å²) in [6, 6.07) is 12.6. The molecule has 8 heteroatoms. The highest BCUT2D eigenvalue weighted by Gasteiger charge is 2.28. The second-order valence-electron chi connectivity index (χ2n) is 8.33. The Hall–Kier alpha value is -4.07. The number of nitrogens with one attached hydrogen (secondary N) is 2. The molecular weight excluding hydrogens is 434 g/mol. The van der Waals surface area contributed by atoms with Crippen molar-refractivity contribution in [3.63, 3.8) is 0 Å². The van der Waals surface area contributed by atoms with Crippen LogP contribution in [0.4, 0.5) is 5.69 Å². The van der Waals surface area contributed by atoms with E-state index in [0.29, 0.717) is 65.8 Å². The van der Waals surface area contributed by atoms with Gasteiger partial charge in [0.2, 0.25) is 0 Å². The van der Waals surface area contributed by atoms with Crippen LogP contribution in [0.1, 0.15) is 56.2 Å². The standard InChI is InChI=1S/C26H25N3O5/c1-15-6-3-4-7-18(15)25(30)29-28-19-8-5-9-21-23(19)16(2)24(34-21)26(31)27-17-10-11-20-22(14-17)33-13-12-32-20/h3-4,6-7,10-11,14H,5,8-9,12-13H2,1-2H3,(H,27,31)(H,29,30)/b28-19+. The summed E-state index contributed by atoms with van der Waals surface area (Å²) in [6.07, 6.45) is 2.21. The smallest absolute Gasteiger partial charge is 0.291 e. The molecule has 5 rings (SSSR count). The first kappa shape index (κ1) is 21.8. The molecule has 0 saturated heterocycles. The molecule has 0 fully saturated rings. The number of ether oxygens (including phenoxy) is 2. The number of rotatable bonds is 4. The molecule has 1 aromatic heterocycles. The van der Waals surface area contributed by atoms with Crippen molar-refractivity contribution >= 4 is 23.2 Å². The van der Waals surface area contributed by atoms with Gasteiger partial charge in [0, 0.05) is 34.9 Å². The summed E-state index contributed by atoms with van der Waals surface area (Å²) in [7, 11) is 0. The first-order valence-electron chi connectivity index (χ1n) is 11.3. The fourth-order valence-electron chi connectivity index (χ4n) is 4.31. The molecule has 0 unspecified atom stereocenters. The van der Waals surface area contributed by atoms with E-state index in [4.69, 9.17) is 13.9 Å². The van der Waals surface area contributed by atoms with Crippen LogP contribution in [-0.2, 0) is 6.42 Å². The van der Waals surface area contributed by atoms with Gasteiger partial charge in [0.1, 0.15) is 19.0 Å². The van der Waals surface area contributed by atoms with Crippen molar-refractivity contribution in [1.29, 1.82) is 0 Å². The Morgan fingerprint density at radius 3 is 2.56 bits per heavy atom. The lowest BCUT2D eigenvalue weighted by Crippen LogP contribution is -2.22. The zero-order chi connectivity index (χ0) is 23.7. The number of nitrogens with zero attached hydrogens (tertiary/aromatic N) is 1. The minimum atomic E-state index is -0.355. The molecule has 2 amide bonds. The van der Waals surface area contributed by atoms with Crippen LogP contribution in [0.15, 0.2) is 52.0 Å². The van der Waals surface area contributed by atoms with E-state index in [2.05, 4.69) is 15.8 Å². The van der Waals surface area contributed by atoms with Gasteiger partial charge in [-0.25, -0.2) is 5.43 Å². The zero-order valence-corrected chi connectivity index (χ0v) is 19.1. The molecule has 34 heavy (non-hydrogen) atoms. The van der Waals surface area contributed by atoms with Gasteiger partial charge in [-0.15, -0.1) is 0 Å². The molecule has 0 saturated carbocycles. The number of carbonyl (C=O) groups is 2. The summed E-state index contributed by atoms with van der Waals surface area (Å²) in [5, 5.41) is 7.28. The highest BCUT2D eigenvalue weighted by molar-refractivity contribution is 6.09. The second kappa shape index (κ2) is 9.05. The van der Waals surface area contributed by atoms with Crippen LogP contribution in [0, 0.1) is 13.8 Å². The van der Waals surface area contributed by atoms with E-state index in [9.17, 15) is 9.59 Å². The van der Waals surface area contributed by atoms with E-state index in [1.807, 2.05) is 32.0 Å². The zero-order valence-electron chi connectivity index (χ0n) is 19.1. The largest absolute Gasteiger partial charge is 0.486 e. The van der Waals surface area contributed by atoms with Crippen molar-refractivity contribution in [3.05, 3.63) is 76.2 Å². The van der Waals surface area contributed by atoms with Crippen molar-refractivity contribution in [3.8, 4) is 11.5 Å². The predicted octanol–water partition coefficient (Wildman–Crippen LogP) is 4.39. The number of furan rings is 1. The molecule has 0 radical (unpaired) electrons. The Bertz CT molecular complexity index is 1310. The number of hydrogen-bond acceptors (Lipinski definition) is 6. The van der Waals surface area contributed by atoms with E-state index >= 15 is 0 Å². The Morgan fingerprint density at radius 1 is 0.941 bits per heavy atom. The van der Waals surface area contributed by atoms with Gasteiger partial charge in [-0.05, 0) is 50.5 Å². The number of carbonyl (C=O) groups excluding carboxylic acids is 2. The molecule has 2 N–H and O–H groups in total. The topological polar surface area (TPSA) is 102 Å². The van der Waals surface area contributed by atoms with Gasteiger partial charge in [-0.1, -0.05) is 18.2 Å².